The van der Waals surface area contributed by atoms with E-state index in [0.29, 0.717) is 0 Å². The summed E-state index contributed by atoms with van der Waals surface area (Å²) in [6.45, 7) is 0. The van der Waals surface area contributed by atoms with E-state index in [1.54, 1.807) is 0 Å². The maximum Gasteiger partial charge on any atom is 1.00 e. The molecule has 4 aromatic rings. The first-order valence-corrected chi connectivity index (χ1v) is 16.4. The number of rotatable bonds is 9. The van der Waals surface area contributed by atoms with Crippen LogP contribution in [0.1, 0.15) is 0 Å². The number of nitrogens with zero attached hydrogens (tertiary/aromatic N) is 2. The van der Waals surface area contributed by atoms with Crippen LogP contribution < -0.4 is 78.4 Å². The molecule has 14 nitrogen and oxygen atoms in total. The number of carbonyl (C=O) groups excluding carboxylic acids is 4. The molecule has 0 atom stereocenters. The first-order valence-electron chi connectivity index (χ1n) is 13.6. The molecule has 4 amide bonds. The summed E-state index contributed by atoms with van der Waals surface area (Å²) in [6.07, 6.45) is 4.43. The van der Waals surface area contributed by atoms with Crippen molar-refractivity contribution in [3.8, 4) is 34.1 Å². The molecular formula is C32H18N2Na2O12S2. The van der Waals surface area contributed by atoms with Gasteiger partial charge in [0.25, 0.3) is 23.6 Å². The van der Waals surface area contributed by atoms with Crippen LogP contribution in [0.25, 0.3) is 11.1 Å². The van der Waals surface area contributed by atoms with E-state index in [4.69, 9.17) is 9.47 Å². The van der Waals surface area contributed by atoms with Crippen molar-refractivity contribution in [2.24, 2.45) is 0 Å². The number of hydrogen-bond donors (Lipinski definition) is 0. The number of benzene rings is 4. The Labute approximate surface area is 329 Å². The standard InChI is InChI=1S/C32H20N2O12S2.2Na/c35-29-13-14-30(36)33(29)21-3-7-23(8-4-21)45-25-11-1-19(17-27(25)47(39,40)41)20-2-12-26(28(18-20)48(42,43)44)46-24-9-5-22(6-10-24)34-31(37)15-16-32(34)38;;/h1-18H,(H,39,40,41)(H,42,43,44);;/q;2*+1/p-2. The minimum atomic E-state index is -5.16. The van der Waals surface area contributed by atoms with Crippen molar-refractivity contribution in [2.75, 3.05) is 9.80 Å². The zero-order valence-corrected chi connectivity index (χ0v) is 31.6. The third kappa shape index (κ3) is 8.16. The van der Waals surface area contributed by atoms with Crippen LogP contribution in [0.2, 0.25) is 0 Å². The molecule has 0 aliphatic carbocycles. The molecule has 4 aromatic carbocycles. The summed E-state index contributed by atoms with van der Waals surface area (Å²) >= 11 is 0. The van der Waals surface area contributed by atoms with Gasteiger partial charge in [-0.2, -0.15) is 0 Å². The van der Waals surface area contributed by atoms with Gasteiger partial charge in [0.2, 0.25) is 0 Å². The van der Waals surface area contributed by atoms with Crippen LogP contribution >= 0.6 is 0 Å². The van der Waals surface area contributed by atoms with Gasteiger partial charge in [-0.1, -0.05) is 12.1 Å². The minimum Gasteiger partial charge on any atom is -0.744 e. The second-order valence-corrected chi connectivity index (χ2v) is 12.8. The fourth-order valence-electron chi connectivity index (χ4n) is 4.82. The maximum atomic E-state index is 12.2. The predicted molar refractivity (Wildman–Crippen MR) is 164 cm³/mol. The second kappa shape index (κ2) is 15.1. The fourth-order valence-corrected chi connectivity index (χ4v) is 6.08. The summed E-state index contributed by atoms with van der Waals surface area (Å²) in [5, 5.41) is 0. The van der Waals surface area contributed by atoms with Crippen molar-refractivity contribution < 1.29 is 114 Å². The molecule has 2 aliphatic rings. The average molecular weight is 733 g/mol. The summed E-state index contributed by atoms with van der Waals surface area (Å²) in [7, 11) is -10.3. The Kier molecular flexibility index (Phi) is 11.8. The van der Waals surface area contributed by atoms with Crippen LogP contribution in [-0.2, 0) is 39.4 Å². The van der Waals surface area contributed by atoms with Gasteiger partial charge in [-0.05, 0) is 83.9 Å². The van der Waals surface area contributed by atoms with Gasteiger partial charge in [-0.3, -0.25) is 19.2 Å². The van der Waals surface area contributed by atoms with Crippen molar-refractivity contribution >= 4 is 55.2 Å². The molecule has 0 saturated heterocycles. The maximum absolute atomic E-state index is 12.2. The molecule has 2 heterocycles. The van der Waals surface area contributed by atoms with E-state index in [2.05, 4.69) is 0 Å². The molecule has 0 unspecified atom stereocenters. The van der Waals surface area contributed by atoms with E-state index in [-0.39, 0.29) is 105 Å². The fraction of sp³-hybridized carbons (Fsp3) is 0. The summed E-state index contributed by atoms with van der Waals surface area (Å²) < 4.78 is 84.6. The van der Waals surface area contributed by atoms with Crippen LogP contribution in [0.5, 0.6) is 23.0 Å². The van der Waals surface area contributed by atoms with E-state index < -0.39 is 53.7 Å². The second-order valence-electron chi connectivity index (χ2n) is 10.1. The van der Waals surface area contributed by atoms with Crippen molar-refractivity contribution in [1.82, 2.24) is 0 Å². The van der Waals surface area contributed by atoms with Crippen LogP contribution in [0.3, 0.4) is 0 Å². The Morgan fingerprint density at radius 3 is 1.04 bits per heavy atom. The zero-order valence-electron chi connectivity index (χ0n) is 26.0. The number of ether oxygens (including phenoxy) is 2. The first kappa shape index (κ1) is 38.9. The molecule has 6 rings (SSSR count). The van der Waals surface area contributed by atoms with Gasteiger partial charge in [0.1, 0.15) is 43.2 Å². The monoisotopic (exact) mass is 732 g/mol. The van der Waals surface area contributed by atoms with Crippen molar-refractivity contribution in [3.05, 3.63) is 109 Å². The van der Waals surface area contributed by atoms with Crippen molar-refractivity contribution in [3.63, 3.8) is 0 Å². The van der Waals surface area contributed by atoms with Gasteiger partial charge in [-0.25, -0.2) is 26.6 Å². The summed E-state index contributed by atoms with van der Waals surface area (Å²) in [6, 6.07) is 17.8. The number of hydrogen-bond acceptors (Lipinski definition) is 12. The molecule has 0 fully saturated rings. The van der Waals surface area contributed by atoms with Crippen molar-refractivity contribution in [2.45, 2.75) is 9.79 Å². The number of amides is 4. The van der Waals surface area contributed by atoms with Gasteiger partial charge in [0, 0.05) is 24.3 Å². The Hall–Kier alpha value is -3.94. The van der Waals surface area contributed by atoms with Crippen LogP contribution in [-0.4, -0.2) is 49.6 Å². The van der Waals surface area contributed by atoms with Gasteiger partial charge in [0.15, 0.2) is 0 Å². The molecule has 0 aromatic heterocycles. The number of imide groups is 2. The molecule has 0 radical (unpaired) electrons. The van der Waals surface area contributed by atoms with Gasteiger partial charge in [-0.15, -0.1) is 0 Å². The molecule has 0 bridgehead atoms. The first-order chi connectivity index (χ1) is 22.7. The van der Waals surface area contributed by atoms with Crippen molar-refractivity contribution in [1.29, 1.82) is 0 Å². The predicted octanol–water partition coefficient (Wildman–Crippen LogP) is -2.39. The quantitative estimate of drug-likeness (QED) is 0.100. The number of anilines is 2. The topological polar surface area (TPSA) is 208 Å². The van der Waals surface area contributed by atoms with E-state index in [9.17, 15) is 45.1 Å². The summed E-state index contributed by atoms with van der Waals surface area (Å²) in [4.78, 5) is 47.9. The molecule has 0 N–H and O–H groups in total. The molecule has 2 aliphatic heterocycles. The molecule has 0 spiro atoms. The zero-order chi connectivity index (χ0) is 34.4. The van der Waals surface area contributed by atoms with Crippen LogP contribution in [0.15, 0.2) is 119 Å². The largest absolute Gasteiger partial charge is 1.00 e. The Morgan fingerprint density at radius 1 is 0.460 bits per heavy atom. The minimum absolute atomic E-state index is 0. The average Bonchev–Trinajstić information content (AvgIpc) is 3.56. The van der Waals surface area contributed by atoms with E-state index in [1.165, 1.54) is 60.7 Å². The molecule has 0 saturated carbocycles. The van der Waals surface area contributed by atoms with E-state index in [0.717, 1.165) is 58.4 Å². The summed E-state index contributed by atoms with van der Waals surface area (Å²) in [5.41, 5.74) is 0.547. The smallest absolute Gasteiger partial charge is 0.744 e. The molecule has 50 heavy (non-hydrogen) atoms. The van der Waals surface area contributed by atoms with Crippen LogP contribution in [0.4, 0.5) is 11.4 Å². The summed E-state index contributed by atoms with van der Waals surface area (Å²) in [5.74, 6) is -2.79. The molecular weight excluding hydrogens is 714 g/mol. The molecule has 18 heteroatoms. The number of carbonyl (C=O) groups is 4. The van der Waals surface area contributed by atoms with Crippen LogP contribution in [0, 0.1) is 0 Å². The third-order valence-corrected chi connectivity index (χ3v) is 8.74. The Morgan fingerprint density at radius 2 is 0.760 bits per heavy atom. The van der Waals surface area contributed by atoms with Gasteiger partial charge in [0.05, 0.1) is 21.2 Å². The Bertz CT molecular complexity index is 2120. The van der Waals surface area contributed by atoms with Gasteiger partial charge < -0.3 is 18.6 Å². The van der Waals surface area contributed by atoms with E-state index >= 15 is 0 Å². The normalized spacial score (nSPS) is 14.1. The van der Waals surface area contributed by atoms with E-state index in [1.807, 2.05) is 0 Å². The Balaban J connectivity index is 0.00000281. The molecule has 242 valence electrons. The SMILES string of the molecule is O=C1C=CC(=O)N1c1ccc(Oc2ccc(-c3ccc(Oc4ccc(N5C(=O)C=CC5=O)cc4)c(S(=O)(=O)[O-])c3)cc2S(=O)(=O)[O-])cc1.[Na+].[Na+]. The third-order valence-electron chi connectivity index (χ3n) is 7.02. The van der Waals surface area contributed by atoms with Gasteiger partial charge >= 0.3 is 59.1 Å².